The summed E-state index contributed by atoms with van der Waals surface area (Å²) in [7, 11) is 0. The molecule has 2 unspecified atom stereocenters. The van der Waals surface area contributed by atoms with Crippen LogP contribution in [0.5, 0.6) is 0 Å². The van der Waals surface area contributed by atoms with Gasteiger partial charge < -0.3 is 20.0 Å². The molecular weight excluding hydrogens is 478 g/mol. The summed E-state index contributed by atoms with van der Waals surface area (Å²) in [6, 6.07) is 8.38. The molecule has 2 aromatic rings. The minimum absolute atomic E-state index is 0.0424. The zero-order valence-electron chi connectivity index (χ0n) is 22.4. The van der Waals surface area contributed by atoms with Gasteiger partial charge >= 0.3 is 0 Å². The van der Waals surface area contributed by atoms with Gasteiger partial charge in [0.15, 0.2) is 0 Å². The SMILES string of the molecule is O=C(c1ccc(C2CC3(CCCCCCCCC3)c3nccn3N2)cc1)N1CCN(C(=O)C2CCO2)CC1. The molecule has 4 heterocycles. The summed E-state index contributed by atoms with van der Waals surface area (Å²) in [6.45, 7) is 2.95. The van der Waals surface area contributed by atoms with Crippen LogP contribution < -0.4 is 5.43 Å². The average molecular weight is 520 g/mol. The van der Waals surface area contributed by atoms with Crippen LogP contribution in [-0.2, 0) is 14.9 Å². The molecule has 204 valence electrons. The van der Waals surface area contributed by atoms with Gasteiger partial charge in [0.1, 0.15) is 11.9 Å². The van der Waals surface area contributed by atoms with Crippen molar-refractivity contribution in [2.75, 3.05) is 38.2 Å². The Balaban J connectivity index is 1.12. The molecule has 1 N–H and O–H groups in total. The molecule has 1 spiro atoms. The monoisotopic (exact) mass is 519 g/mol. The number of piperazine rings is 1. The molecule has 4 aliphatic rings. The normalized spacial score (nSPS) is 25.7. The van der Waals surface area contributed by atoms with Crippen molar-refractivity contribution in [3.05, 3.63) is 53.6 Å². The van der Waals surface area contributed by atoms with Gasteiger partial charge in [-0.3, -0.25) is 14.3 Å². The molecule has 8 nitrogen and oxygen atoms in total. The second-order valence-electron chi connectivity index (χ2n) is 11.6. The van der Waals surface area contributed by atoms with Crippen LogP contribution in [0, 0.1) is 0 Å². The number of carbonyl (C=O) groups is 2. The lowest BCUT2D eigenvalue weighted by atomic mass is 9.70. The molecule has 2 saturated heterocycles. The van der Waals surface area contributed by atoms with Crippen LogP contribution >= 0.6 is 0 Å². The van der Waals surface area contributed by atoms with Gasteiger partial charge in [-0.25, -0.2) is 4.98 Å². The molecule has 0 bridgehead atoms. The molecule has 1 aromatic carbocycles. The molecule has 2 atom stereocenters. The van der Waals surface area contributed by atoms with Gasteiger partial charge in [0, 0.05) is 56.0 Å². The van der Waals surface area contributed by atoms with Crippen molar-refractivity contribution in [2.24, 2.45) is 0 Å². The van der Waals surface area contributed by atoms with Crippen LogP contribution in [0.15, 0.2) is 36.7 Å². The van der Waals surface area contributed by atoms with Crippen LogP contribution in [0.25, 0.3) is 0 Å². The summed E-state index contributed by atoms with van der Waals surface area (Å²) in [5.74, 6) is 1.31. The lowest BCUT2D eigenvalue weighted by Gasteiger charge is -2.42. The maximum atomic E-state index is 13.2. The van der Waals surface area contributed by atoms with E-state index in [2.05, 4.69) is 28.4 Å². The van der Waals surface area contributed by atoms with Crippen LogP contribution in [-0.4, -0.2) is 70.2 Å². The number of amides is 2. The zero-order chi connectivity index (χ0) is 26.0. The number of hydrogen-bond donors (Lipinski definition) is 1. The molecule has 6 rings (SSSR count). The topological polar surface area (TPSA) is 79.7 Å². The van der Waals surface area contributed by atoms with Gasteiger partial charge in [-0.2, -0.15) is 0 Å². The van der Waals surface area contributed by atoms with E-state index < -0.39 is 0 Å². The third-order valence-corrected chi connectivity index (χ3v) is 9.23. The Labute approximate surface area is 225 Å². The van der Waals surface area contributed by atoms with E-state index >= 15 is 0 Å². The Hall–Kier alpha value is -2.87. The average Bonchev–Trinajstić information content (AvgIpc) is 3.41. The van der Waals surface area contributed by atoms with Gasteiger partial charge in [0.2, 0.25) is 0 Å². The molecule has 1 aliphatic carbocycles. The first-order chi connectivity index (χ1) is 18.6. The molecule has 2 amide bonds. The Kier molecular flexibility index (Phi) is 7.41. The van der Waals surface area contributed by atoms with Crippen molar-refractivity contribution in [3.63, 3.8) is 0 Å². The maximum absolute atomic E-state index is 13.2. The fourth-order valence-electron chi connectivity index (χ4n) is 6.86. The third-order valence-electron chi connectivity index (χ3n) is 9.23. The number of carbonyl (C=O) groups excluding carboxylic acids is 2. The number of rotatable bonds is 3. The first kappa shape index (κ1) is 25.4. The van der Waals surface area contributed by atoms with Gasteiger partial charge in [-0.05, 0) is 37.0 Å². The van der Waals surface area contributed by atoms with Crippen molar-refractivity contribution < 1.29 is 14.3 Å². The van der Waals surface area contributed by atoms with Crippen molar-refractivity contribution in [2.45, 2.75) is 88.2 Å². The predicted octanol–water partition coefficient (Wildman–Crippen LogP) is 4.41. The number of hydrogen-bond acceptors (Lipinski definition) is 5. The Bertz CT molecular complexity index is 1110. The fraction of sp³-hybridized carbons (Fsp3) is 0.633. The van der Waals surface area contributed by atoms with E-state index in [0.717, 1.165) is 12.8 Å². The van der Waals surface area contributed by atoms with Crippen molar-refractivity contribution >= 4 is 11.8 Å². The second kappa shape index (κ2) is 11.1. The fourth-order valence-corrected chi connectivity index (χ4v) is 6.86. The number of imidazole rings is 1. The maximum Gasteiger partial charge on any atom is 0.253 e. The number of nitrogens with one attached hydrogen (secondary N) is 1. The van der Waals surface area contributed by atoms with Crippen LogP contribution in [0.3, 0.4) is 0 Å². The highest BCUT2D eigenvalue weighted by Crippen LogP contribution is 2.45. The second-order valence-corrected chi connectivity index (χ2v) is 11.6. The highest BCUT2D eigenvalue weighted by Gasteiger charge is 2.42. The molecule has 3 aliphatic heterocycles. The summed E-state index contributed by atoms with van der Waals surface area (Å²) >= 11 is 0. The summed E-state index contributed by atoms with van der Waals surface area (Å²) in [6.07, 6.45) is 17.2. The number of benzene rings is 1. The number of fused-ring (bicyclic) bond motifs is 2. The quantitative estimate of drug-likeness (QED) is 0.650. The lowest BCUT2D eigenvalue weighted by molar-refractivity contribution is -0.157. The van der Waals surface area contributed by atoms with Crippen molar-refractivity contribution in [1.82, 2.24) is 19.5 Å². The molecule has 8 heteroatoms. The van der Waals surface area contributed by atoms with Crippen LogP contribution in [0.1, 0.15) is 98.4 Å². The van der Waals surface area contributed by atoms with Gasteiger partial charge in [-0.15, -0.1) is 0 Å². The van der Waals surface area contributed by atoms with E-state index in [1.807, 2.05) is 28.1 Å². The number of nitrogens with zero attached hydrogens (tertiary/aromatic N) is 4. The molecule has 1 aromatic heterocycles. The predicted molar refractivity (Wildman–Crippen MR) is 145 cm³/mol. The third kappa shape index (κ3) is 5.07. The molecule has 1 saturated carbocycles. The largest absolute Gasteiger partial charge is 0.368 e. The summed E-state index contributed by atoms with van der Waals surface area (Å²) < 4.78 is 7.50. The standard InChI is InChI=1S/C30H41N5O3/c36-27(33-17-19-34(20-18-33)28(37)26-12-21-38-26)24-10-8-23(9-11-24)25-22-30(29-31-15-16-35(29)32-25)13-6-4-2-1-3-5-7-14-30/h8-11,15-16,25-26,32H,1-7,12-14,17-22H2. The molecule has 38 heavy (non-hydrogen) atoms. The lowest BCUT2D eigenvalue weighted by Crippen LogP contribution is -2.54. The summed E-state index contributed by atoms with van der Waals surface area (Å²) in [4.78, 5) is 34.2. The highest BCUT2D eigenvalue weighted by molar-refractivity contribution is 5.94. The van der Waals surface area contributed by atoms with Crippen molar-refractivity contribution in [3.8, 4) is 0 Å². The summed E-state index contributed by atoms with van der Waals surface area (Å²) in [5, 5.41) is 0. The Morgan fingerprint density at radius 2 is 1.53 bits per heavy atom. The van der Waals surface area contributed by atoms with E-state index in [1.165, 1.54) is 69.2 Å². The molecule has 0 radical (unpaired) electrons. The first-order valence-electron chi connectivity index (χ1n) is 14.7. The van der Waals surface area contributed by atoms with Gasteiger partial charge in [0.25, 0.3) is 11.8 Å². The van der Waals surface area contributed by atoms with Crippen molar-refractivity contribution in [1.29, 1.82) is 0 Å². The van der Waals surface area contributed by atoms with E-state index in [-0.39, 0.29) is 29.4 Å². The van der Waals surface area contributed by atoms with E-state index in [9.17, 15) is 9.59 Å². The Morgan fingerprint density at radius 3 is 2.16 bits per heavy atom. The van der Waals surface area contributed by atoms with E-state index in [1.54, 1.807) is 0 Å². The Morgan fingerprint density at radius 1 is 0.895 bits per heavy atom. The van der Waals surface area contributed by atoms with Gasteiger partial charge in [0.05, 0.1) is 12.6 Å². The van der Waals surface area contributed by atoms with E-state index in [0.29, 0.717) is 38.3 Å². The van der Waals surface area contributed by atoms with Crippen LogP contribution in [0.2, 0.25) is 0 Å². The molecular formula is C30H41N5O3. The van der Waals surface area contributed by atoms with Crippen LogP contribution in [0.4, 0.5) is 0 Å². The first-order valence-corrected chi connectivity index (χ1v) is 14.7. The number of ether oxygens (including phenoxy) is 1. The summed E-state index contributed by atoms with van der Waals surface area (Å²) in [5.41, 5.74) is 5.72. The zero-order valence-corrected chi connectivity index (χ0v) is 22.4. The minimum atomic E-state index is -0.271. The van der Waals surface area contributed by atoms with Gasteiger partial charge in [-0.1, -0.05) is 57.1 Å². The minimum Gasteiger partial charge on any atom is -0.368 e. The molecule has 3 fully saturated rings. The highest BCUT2D eigenvalue weighted by atomic mass is 16.5. The number of aromatic nitrogens is 2. The smallest absolute Gasteiger partial charge is 0.253 e. The van der Waals surface area contributed by atoms with E-state index in [4.69, 9.17) is 9.72 Å².